The monoisotopic (exact) mass is 309 g/mol. The van der Waals surface area contributed by atoms with Gasteiger partial charge in [-0.25, -0.2) is 4.52 Å². The van der Waals surface area contributed by atoms with Crippen molar-refractivity contribution in [2.45, 2.75) is 6.42 Å². The van der Waals surface area contributed by atoms with Crippen LogP contribution < -0.4 is 5.22 Å². The molecule has 1 aliphatic carbocycles. The van der Waals surface area contributed by atoms with Gasteiger partial charge in [-0.1, -0.05) is 47.2 Å². The second-order valence-corrected chi connectivity index (χ2v) is 5.83. The van der Waals surface area contributed by atoms with E-state index >= 15 is 0 Å². The molecule has 0 fully saturated rings. The zero-order valence-electron chi connectivity index (χ0n) is 11.6. The van der Waals surface area contributed by atoms with Crippen LogP contribution in [0.5, 0.6) is 0 Å². The van der Waals surface area contributed by atoms with Crippen LogP contribution in [0, 0.1) is 5.92 Å². The van der Waals surface area contributed by atoms with E-state index in [1.54, 1.807) is 35.0 Å². The van der Waals surface area contributed by atoms with Crippen molar-refractivity contribution in [3.05, 3.63) is 64.1 Å². The van der Waals surface area contributed by atoms with Crippen LogP contribution in [0.1, 0.15) is 22.3 Å². The molecule has 0 saturated carbocycles. The Labute approximate surface area is 131 Å². The van der Waals surface area contributed by atoms with Crippen molar-refractivity contribution in [3.8, 4) is 0 Å². The third-order valence-electron chi connectivity index (χ3n) is 3.89. The highest BCUT2D eigenvalue weighted by Gasteiger charge is 2.16. The smallest absolute Gasteiger partial charge is 0.163 e. The van der Waals surface area contributed by atoms with Crippen molar-refractivity contribution in [2.75, 3.05) is 0 Å². The molecule has 1 aliphatic rings. The predicted molar refractivity (Wildman–Crippen MR) is 85.6 cm³/mol. The minimum Gasteiger partial charge on any atom is -0.294 e. The van der Waals surface area contributed by atoms with Crippen molar-refractivity contribution in [1.29, 1.82) is 0 Å². The fraction of sp³-hybridized carbons (Fsp3) is 0.118. The number of carbonyl (C=O) groups is 1. The summed E-state index contributed by atoms with van der Waals surface area (Å²) in [7, 11) is 0. The minimum absolute atomic E-state index is 0.0695. The molecular formula is C17H12ClN3O. The second-order valence-electron chi connectivity index (χ2n) is 5.39. The molecule has 5 heteroatoms. The van der Waals surface area contributed by atoms with Crippen LogP contribution in [0.15, 0.2) is 42.7 Å². The summed E-state index contributed by atoms with van der Waals surface area (Å²) in [6.07, 6.45) is 10.3. The van der Waals surface area contributed by atoms with E-state index in [0.717, 1.165) is 16.3 Å². The maximum Gasteiger partial charge on any atom is 0.163 e. The van der Waals surface area contributed by atoms with Crippen LogP contribution in [0.25, 0.3) is 17.7 Å². The van der Waals surface area contributed by atoms with Crippen molar-refractivity contribution in [1.82, 2.24) is 14.8 Å². The molecule has 22 heavy (non-hydrogen) atoms. The lowest BCUT2D eigenvalue weighted by atomic mass is 9.93. The fourth-order valence-electron chi connectivity index (χ4n) is 2.81. The van der Waals surface area contributed by atoms with E-state index in [0.29, 0.717) is 17.0 Å². The van der Waals surface area contributed by atoms with E-state index in [4.69, 9.17) is 11.6 Å². The Morgan fingerprint density at radius 2 is 2.27 bits per heavy atom. The maximum absolute atomic E-state index is 12.4. The first-order valence-corrected chi connectivity index (χ1v) is 7.40. The van der Waals surface area contributed by atoms with Crippen molar-refractivity contribution >= 4 is 35.1 Å². The quantitative estimate of drug-likeness (QED) is 0.699. The molecule has 4 rings (SSSR count). The number of halogens is 1. The Bertz CT molecular complexity index is 958. The van der Waals surface area contributed by atoms with E-state index in [1.807, 2.05) is 12.3 Å². The fourth-order valence-corrected chi connectivity index (χ4v) is 3.00. The molecule has 2 heterocycles. The molecule has 2 aromatic heterocycles. The van der Waals surface area contributed by atoms with Crippen molar-refractivity contribution < 1.29 is 4.79 Å². The molecule has 0 spiro atoms. The highest BCUT2D eigenvalue weighted by Crippen LogP contribution is 2.20. The Hall–Kier alpha value is -2.46. The average molecular weight is 310 g/mol. The molecule has 0 saturated heterocycles. The van der Waals surface area contributed by atoms with Gasteiger partial charge in [0.1, 0.15) is 0 Å². The number of fused-ring (bicyclic) bond motifs is 3. The summed E-state index contributed by atoms with van der Waals surface area (Å²) < 4.78 is 1.76. The second kappa shape index (κ2) is 5.07. The summed E-state index contributed by atoms with van der Waals surface area (Å²) in [6.45, 7) is 0. The van der Waals surface area contributed by atoms with E-state index in [-0.39, 0.29) is 11.7 Å². The Kier molecular flexibility index (Phi) is 3.05. The summed E-state index contributed by atoms with van der Waals surface area (Å²) in [5, 5.41) is 9.57. The Morgan fingerprint density at radius 3 is 3.14 bits per heavy atom. The number of ketones is 1. The number of nitrogens with zero attached hydrogens (tertiary/aromatic N) is 3. The molecule has 1 atom stereocenters. The van der Waals surface area contributed by atoms with Gasteiger partial charge in [-0.3, -0.25) is 4.79 Å². The standard InChI is InChI=1S/C17H12ClN3O/c18-14-3-1-2-12(8-14)17(22)7-11-4-5-13-10-21-16(9-19-20-21)15(13)6-11/h1-6,8-11H,7H2. The molecule has 0 radical (unpaired) electrons. The van der Waals surface area contributed by atoms with E-state index in [9.17, 15) is 4.79 Å². The SMILES string of the molecule is O=C(CC1C=Cc2cn3nncc3c2=C1)c1cccc(Cl)c1. The number of benzene rings is 1. The molecule has 0 aliphatic heterocycles. The highest BCUT2D eigenvalue weighted by molar-refractivity contribution is 6.31. The van der Waals surface area contributed by atoms with Crippen molar-refractivity contribution in [3.63, 3.8) is 0 Å². The zero-order valence-corrected chi connectivity index (χ0v) is 12.4. The topological polar surface area (TPSA) is 47.3 Å². The van der Waals surface area contributed by atoms with Gasteiger partial charge in [0.25, 0.3) is 0 Å². The third-order valence-corrected chi connectivity index (χ3v) is 4.13. The highest BCUT2D eigenvalue weighted by atomic mass is 35.5. The van der Waals surface area contributed by atoms with Crippen LogP contribution in [0.3, 0.4) is 0 Å². The molecule has 108 valence electrons. The van der Waals surface area contributed by atoms with Crippen LogP contribution in [0.4, 0.5) is 0 Å². The Balaban J connectivity index is 1.64. The number of rotatable bonds is 3. The third kappa shape index (κ3) is 2.22. The number of allylic oxidation sites excluding steroid dienone is 1. The van der Waals surface area contributed by atoms with Gasteiger partial charge in [-0.2, -0.15) is 0 Å². The molecule has 0 bridgehead atoms. The van der Waals surface area contributed by atoms with Gasteiger partial charge >= 0.3 is 0 Å². The lowest BCUT2D eigenvalue weighted by Crippen LogP contribution is -2.13. The molecule has 1 aromatic carbocycles. The summed E-state index contributed by atoms with van der Waals surface area (Å²) in [5.41, 5.74) is 2.73. The predicted octanol–water partition coefficient (Wildman–Crippen LogP) is 2.80. The van der Waals surface area contributed by atoms with Gasteiger partial charge in [-0.15, -0.1) is 5.10 Å². The first kappa shape index (κ1) is 13.2. The van der Waals surface area contributed by atoms with Gasteiger partial charge in [0, 0.05) is 39.9 Å². The average Bonchev–Trinajstić information content (AvgIpc) is 3.08. The molecule has 1 unspecified atom stereocenters. The molecule has 0 amide bonds. The first-order valence-electron chi connectivity index (χ1n) is 7.02. The minimum atomic E-state index is 0.0695. The van der Waals surface area contributed by atoms with Crippen LogP contribution in [-0.4, -0.2) is 20.6 Å². The number of hydrogen-bond acceptors (Lipinski definition) is 3. The number of Topliss-reactive ketones (excluding diaryl/α,β-unsaturated/α-hetero) is 1. The Morgan fingerprint density at radius 1 is 1.36 bits per heavy atom. The maximum atomic E-state index is 12.4. The van der Waals surface area contributed by atoms with E-state index in [2.05, 4.69) is 22.5 Å². The number of carbonyl (C=O) groups excluding carboxylic acids is 1. The van der Waals surface area contributed by atoms with Gasteiger partial charge < -0.3 is 0 Å². The van der Waals surface area contributed by atoms with E-state index < -0.39 is 0 Å². The van der Waals surface area contributed by atoms with E-state index in [1.165, 1.54) is 0 Å². The molecular weight excluding hydrogens is 298 g/mol. The van der Waals surface area contributed by atoms with Gasteiger partial charge in [-0.05, 0) is 12.1 Å². The van der Waals surface area contributed by atoms with Gasteiger partial charge in [0.15, 0.2) is 5.78 Å². The summed E-state index contributed by atoms with van der Waals surface area (Å²) in [5.74, 6) is 0.158. The van der Waals surface area contributed by atoms with Crippen LogP contribution >= 0.6 is 11.6 Å². The van der Waals surface area contributed by atoms with Crippen LogP contribution in [-0.2, 0) is 0 Å². The van der Waals surface area contributed by atoms with Gasteiger partial charge in [0.2, 0.25) is 0 Å². The first-order chi connectivity index (χ1) is 10.7. The number of hydrogen-bond donors (Lipinski definition) is 0. The molecule has 0 N–H and O–H groups in total. The van der Waals surface area contributed by atoms with Gasteiger partial charge in [0.05, 0.1) is 11.7 Å². The summed E-state index contributed by atoms with van der Waals surface area (Å²) >= 11 is 5.95. The molecule has 4 nitrogen and oxygen atoms in total. The lowest BCUT2D eigenvalue weighted by Gasteiger charge is -2.10. The van der Waals surface area contributed by atoms with Crippen molar-refractivity contribution in [2.24, 2.45) is 5.92 Å². The van der Waals surface area contributed by atoms with Crippen LogP contribution in [0.2, 0.25) is 5.02 Å². The number of aromatic nitrogens is 3. The summed E-state index contributed by atoms with van der Waals surface area (Å²) in [6, 6.07) is 7.08. The normalized spacial score (nSPS) is 16.5. The largest absolute Gasteiger partial charge is 0.294 e. The lowest BCUT2D eigenvalue weighted by molar-refractivity contribution is 0.0977. The zero-order chi connectivity index (χ0) is 15.1. The summed E-state index contributed by atoms with van der Waals surface area (Å²) in [4.78, 5) is 12.4. The molecule has 3 aromatic rings.